The first-order valence-corrected chi connectivity index (χ1v) is 7.53. The minimum Gasteiger partial charge on any atom is -0.325 e. The lowest BCUT2D eigenvalue weighted by atomic mass is 9.69. The van der Waals surface area contributed by atoms with Gasteiger partial charge in [0.25, 0.3) is 0 Å². The molecule has 1 heteroatoms. The Kier molecular flexibility index (Phi) is 4.29. The van der Waals surface area contributed by atoms with E-state index in [0.29, 0.717) is 0 Å². The van der Waals surface area contributed by atoms with Crippen molar-refractivity contribution in [2.24, 2.45) is 17.6 Å². The summed E-state index contributed by atoms with van der Waals surface area (Å²) in [6.07, 6.45) is 15.4. The van der Waals surface area contributed by atoms with Crippen LogP contribution in [0.4, 0.5) is 0 Å². The van der Waals surface area contributed by atoms with E-state index in [9.17, 15) is 0 Å². The van der Waals surface area contributed by atoms with Gasteiger partial charge in [-0.25, -0.2) is 0 Å². The van der Waals surface area contributed by atoms with E-state index in [1.54, 1.807) is 0 Å². The van der Waals surface area contributed by atoms with Gasteiger partial charge in [0.1, 0.15) is 0 Å². The Morgan fingerprint density at radius 3 is 2.25 bits per heavy atom. The average molecular weight is 223 g/mol. The molecule has 94 valence electrons. The maximum atomic E-state index is 6.66. The highest BCUT2D eigenvalue weighted by atomic mass is 14.8. The van der Waals surface area contributed by atoms with Crippen molar-refractivity contribution < 1.29 is 0 Å². The first-order valence-electron chi connectivity index (χ1n) is 7.53. The SMILES string of the molecule is CCCCC1CCC(N)(C2CCCC2)CC1. The molecule has 16 heavy (non-hydrogen) atoms. The van der Waals surface area contributed by atoms with Gasteiger partial charge in [-0.3, -0.25) is 0 Å². The van der Waals surface area contributed by atoms with E-state index < -0.39 is 0 Å². The van der Waals surface area contributed by atoms with E-state index in [0.717, 1.165) is 11.8 Å². The van der Waals surface area contributed by atoms with Gasteiger partial charge in [-0.05, 0) is 50.4 Å². The second-order valence-electron chi connectivity index (χ2n) is 6.30. The quantitative estimate of drug-likeness (QED) is 0.757. The van der Waals surface area contributed by atoms with Crippen molar-refractivity contribution in [3.8, 4) is 0 Å². The van der Waals surface area contributed by atoms with Crippen LogP contribution in [-0.2, 0) is 0 Å². The number of unbranched alkanes of at least 4 members (excludes halogenated alkanes) is 1. The first kappa shape index (κ1) is 12.4. The van der Waals surface area contributed by atoms with Crippen molar-refractivity contribution in [1.29, 1.82) is 0 Å². The zero-order valence-corrected chi connectivity index (χ0v) is 11.0. The van der Waals surface area contributed by atoms with Crippen molar-refractivity contribution >= 4 is 0 Å². The summed E-state index contributed by atoms with van der Waals surface area (Å²) in [5.74, 6) is 1.86. The van der Waals surface area contributed by atoms with Crippen LogP contribution < -0.4 is 5.73 Å². The summed E-state index contributed by atoms with van der Waals surface area (Å²) in [4.78, 5) is 0. The standard InChI is InChI=1S/C15H29N/c1-2-3-6-13-9-11-15(16,12-10-13)14-7-4-5-8-14/h13-14H,2-12,16H2,1H3. The third-order valence-corrected chi connectivity index (χ3v) is 5.17. The van der Waals surface area contributed by atoms with Gasteiger partial charge in [-0.2, -0.15) is 0 Å². The van der Waals surface area contributed by atoms with Crippen molar-refractivity contribution in [3.05, 3.63) is 0 Å². The highest BCUT2D eigenvalue weighted by Gasteiger charge is 2.39. The molecule has 2 fully saturated rings. The Labute approximate surface area is 101 Å². The predicted octanol–water partition coefficient (Wildman–Crippen LogP) is 4.25. The molecule has 0 radical (unpaired) electrons. The Balaban J connectivity index is 1.78. The lowest BCUT2D eigenvalue weighted by Gasteiger charge is -2.41. The van der Waals surface area contributed by atoms with Crippen molar-refractivity contribution in [1.82, 2.24) is 0 Å². The molecule has 1 nitrogen and oxygen atoms in total. The van der Waals surface area contributed by atoms with E-state index in [-0.39, 0.29) is 5.54 Å². The number of hydrogen-bond acceptors (Lipinski definition) is 1. The van der Waals surface area contributed by atoms with Crippen LogP contribution in [0.2, 0.25) is 0 Å². The van der Waals surface area contributed by atoms with Crippen molar-refractivity contribution in [3.63, 3.8) is 0 Å². The maximum absolute atomic E-state index is 6.66. The zero-order chi connectivity index (χ0) is 11.4. The molecule has 0 aromatic heterocycles. The molecule has 0 heterocycles. The summed E-state index contributed by atoms with van der Waals surface area (Å²) in [5.41, 5.74) is 6.89. The second-order valence-corrected chi connectivity index (χ2v) is 6.30. The molecule has 2 rings (SSSR count). The van der Waals surface area contributed by atoms with Crippen LogP contribution in [0.5, 0.6) is 0 Å². The molecule has 0 spiro atoms. The van der Waals surface area contributed by atoms with Crippen LogP contribution in [-0.4, -0.2) is 5.54 Å². The lowest BCUT2D eigenvalue weighted by molar-refractivity contribution is 0.158. The number of rotatable bonds is 4. The predicted molar refractivity (Wildman–Crippen MR) is 70.4 cm³/mol. The minimum absolute atomic E-state index is 0.235. The molecule has 0 bridgehead atoms. The monoisotopic (exact) mass is 223 g/mol. The Hall–Kier alpha value is -0.0400. The van der Waals surface area contributed by atoms with Gasteiger partial charge >= 0.3 is 0 Å². The molecular weight excluding hydrogens is 194 g/mol. The summed E-state index contributed by atoms with van der Waals surface area (Å²) in [6, 6.07) is 0. The van der Waals surface area contributed by atoms with Gasteiger partial charge < -0.3 is 5.73 Å². The maximum Gasteiger partial charge on any atom is 0.0183 e. The fourth-order valence-electron chi connectivity index (χ4n) is 3.91. The molecular formula is C15H29N. The molecule has 0 aliphatic heterocycles. The van der Waals surface area contributed by atoms with Gasteiger partial charge in [0, 0.05) is 5.54 Å². The van der Waals surface area contributed by atoms with E-state index in [4.69, 9.17) is 5.73 Å². The van der Waals surface area contributed by atoms with Gasteiger partial charge in [0.05, 0.1) is 0 Å². The van der Waals surface area contributed by atoms with Gasteiger partial charge in [0.15, 0.2) is 0 Å². The van der Waals surface area contributed by atoms with E-state index in [1.165, 1.54) is 70.6 Å². The molecule has 0 amide bonds. The molecule has 0 saturated heterocycles. The van der Waals surface area contributed by atoms with Gasteiger partial charge in [0.2, 0.25) is 0 Å². The van der Waals surface area contributed by atoms with E-state index in [1.807, 2.05) is 0 Å². The smallest absolute Gasteiger partial charge is 0.0183 e. The van der Waals surface area contributed by atoms with Crippen LogP contribution in [0.3, 0.4) is 0 Å². The summed E-state index contributed by atoms with van der Waals surface area (Å²) in [5, 5.41) is 0. The van der Waals surface area contributed by atoms with Crippen molar-refractivity contribution in [2.45, 2.75) is 83.1 Å². The molecule has 0 atom stereocenters. The lowest BCUT2D eigenvalue weighted by Crippen LogP contribution is -2.49. The Morgan fingerprint density at radius 1 is 1.06 bits per heavy atom. The summed E-state index contributed by atoms with van der Waals surface area (Å²) >= 11 is 0. The van der Waals surface area contributed by atoms with Crippen LogP contribution in [0.25, 0.3) is 0 Å². The summed E-state index contributed by atoms with van der Waals surface area (Å²) < 4.78 is 0. The number of nitrogens with two attached hydrogens (primary N) is 1. The third kappa shape index (κ3) is 2.80. The highest BCUT2D eigenvalue weighted by molar-refractivity contribution is 4.96. The molecule has 2 aliphatic carbocycles. The largest absolute Gasteiger partial charge is 0.325 e. The van der Waals surface area contributed by atoms with Crippen molar-refractivity contribution in [2.75, 3.05) is 0 Å². The highest BCUT2D eigenvalue weighted by Crippen LogP contribution is 2.43. The first-order chi connectivity index (χ1) is 7.74. The van der Waals surface area contributed by atoms with Crippen LogP contribution in [0.1, 0.15) is 77.6 Å². The molecule has 0 aromatic carbocycles. The fourth-order valence-corrected chi connectivity index (χ4v) is 3.91. The van der Waals surface area contributed by atoms with E-state index in [2.05, 4.69) is 6.92 Å². The summed E-state index contributed by atoms with van der Waals surface area (Å²) in [6.45, 7) is 2.30. The normalized spacial score (nSPS) is 36.8. The number of hydrogen-bond donors (Lipinski definition) is 1. The van der Waals surface area contributed by atoms with Crippen LogP contribution in [0, 0.1) is 11.8 Å². The van der Waals surface area contributed by atoms with Gasteiger partial charge in [-0.15, -0.1) is 0 Å². The summed E-state index contributed by atoms with van der Waals surface area (Å²) in [7, 11) is 0. The van der Waals surface area contributed by atoms with Crippen LogP contribution >= 0.6 is 0 Å². The minimum atomic E-state index is 0.235. The molecule has 0 aromatic rings. The zero-order valence-electron chi connectivity index (χ0n) is 11.0. The molecule has 2 saturated carbocycles. The third-order valence-electron chi connectivity index (χ3n) is 5.17. The fraction of sp³-hybridized carbons (Fsp3) is 1.00. The molecule has 2 N–H and O–H groups in total. The molecule has 2 aliphatic rings. The average Bonchev–Trinajstić information content (AvgIpc) is 2.83. The second kappa shape index (κ2) is 5.53. The Bertz CT molecular complexity index is 197. The molecule has 0 unspecified atom stereocenters. The van der Waals surface area contributed by atoms with Gasteiger partial charge in [-0.1, -0.05) is 39.0 Å². The topological polar surface area (TPSA) is 26.0 Å². The Morgan fingerprint density at radius 2 is 1.69 bits per heavy atom. The van der Waals surface area contributed by atoms with Crippen LogP contribution in [0.15, 0.2) is 0 Å². The van der Waals surface area contributed by atoms with E-state index >= 15 is 0 Å².